The van der Waals surface area contributed by atoms with Gasteiger partial charge in [0.2, 0.25) is 17.7 Å². The number of amides is 4. The molecule has 0 bridgehead atoms. The number of para-hydroxylation sites is 1. The highest BCUT2D eigenvalue weighted by molar-refractivity contribution is 8.15. The van der Waals surface area contributed by atoms with Crippen molar-refractivity contribution in [3.63, 3.8) is 0 Å². The minimum absolute atomic E-state index is 0.129. The van der Waals surface area contributed by atoms with E-state index >= 15 is 0 Å². The van der Waals surface area contributed by atoms with Crippen LogP contribution in [0.4, 0.5) is 10.5 Å². The summed E-state index contributed by atoms with van der Waals surface area (Å²) in [5.74, 6) is -1.40. The van der Waals surface area contributed by atoms with Crippen LogP contribution in [0.25, 0.3) is 0 Å². The second-order valence-electron chi connectivity index (χ2n) is 8.68. The van der Waals surface area contributed by atoms with Gasteiger partial charge in [0.05, 0.1) is 11.4 Å². The van der Waals surface area contributed by atoms with Crippen LogP contribution in [0.15, 0.2) is 35.3 Å². The van der Waals surface area contributed by atoms with Crippen molar-refractivity contribution in [3.05, 3.63) is 30.3 Å². The molecular weight excluding hydrogens is 446 g/mol. The average Bonchev–Trinajstić information content (AvgIpc) is 3.07. The van der Waals surface area contributed by atoms with Crippen LogP contribution in [0.2, 0.25) is 0 Å². The molecule has 1 aliphatic heterocycles. The summed E-state index contributed by atoms with van der Waals surface area (Å²) in [5.41, 5.74) is 5.29. The van der Waals surface area contributed by atoms with E-state index in [0.29, 0.717) is 17.3 Å². The number of thioether (sulfide) groups is 1. The Morgan fingerprint density at radius 3 is 2.45 bits per heavy atom. The van der Waals surface area contributed by atoms with Crippen LogP contribution in [-0.4, -0.2) is 73.8 Å². The predicted octanol–water partition coefficient (Wildman–Crippen LogP) is 2.17. The zero-order valence-corrected chi connectivity index (χ0v) is 20.1. The van der Waals surface area contributed by atoms with Gasteiger partial charge in [0.15, 0.2) is 5.17 Å². The van der Waals surface area contributed by atoms with Gasteiger partial charge in [0.25, 0.3) is 0 Å². The fraction of sp³-hybridized carbons (Fsp3) is 0.500. The number of benzene rings is 1. The molecule has 2 rings (SSSR count). The number of aliphatic imine (C=N–C) groups is 1. The Bertz CT molecular complexity index is 916. The first-order valence-corrected chi connectivity index (χ1v) is 11.6. The van der Waals surface area contributed by atoms with Crippen LogP contribution >= 0.6 is 11.8 Å². The molecule has 0 saturated carbocycles. The number of carbonyl (C=O) groups excluding carboxylic acids is 3. The molecule has 4 N–H and O–H groups in total. The van der Waals surface area contributed by atoms with E-state index in [9.17, 15) is 24.3 Å². The summed E-state index contributed by atoms with van der Waals surface area (Å²) in [5, 5.41) is 12.5. The predicted molar refractivity (Wildman–Crippen MR) is 127 cm³/mol. The molecule has 0 unspecified atom stereocenters. The molecule has 1 fully saturated rings. The molecule has 0 radical (unpaired) electrons. The summed E-state index contributed by atoms with van der Waals surface area (Å²) in [7, 11) is 0. The Kier molecular flexibility index (Phi) is 8.86. The average molecular weight is 478 g/mol. The van der Waals surface area contributed by atoms with Crippen LogP contribution in [0.5, 0.6) is 0 Å². The van der Waals surface area contributed by atoms with Crippen molar-refractivity contribution in [3.8, 4) is 0 Å². The normalized spacial score (nSPS) is 17.0. The van der Waals surface area contributed by atoms with Gasteiger partial charge in [-0.25, -0.2) is 9.79 Å². The van der Waals surface area contributed by atoms with Crippen LogP contribution in [0.1, 0.15) is 40.5 Å². The molecule has 1 aromatic rings. The van der Waals surface area contributed by atoms with E-state index in [1.165, 1.54) is 28.5 Å². The van der Waals surface area contributed by atoms with Gasteiger partial charge >= 0.3 is 6.09 Å². The van der Waals surface area contributed by atoms with E-state index < -0.39 is 35.5 Å². The molecule has 1 saturated heterocycles. The van der Waals surface area contributed by atoms with Gasteiger partial charge in [-0.3, -0.25) is 19.3 Å². The maximum atomic E-state index is 13.1. The summed E-state index contributed by atoms with van der Waals surface area (Å²) in [6, 6.07) is 7.16. The maximum absolute atomic E-state index is 13.1. The smallest absolute Gasteiger partial charge is 0.407 e. The van der Waals surface area contributed by atoms with Crippen LogP contribution < -0.4 is 11.1 Å². The Labute approximate surface area is 197 Å². The molecule has 0 spiro atoms. The lowest BCUT2D eigenvalue weighted by atomic mass is 10.0. The number of carbonyl (C=O) groups is 4. The van der Waals surface area contributed by atoms with Crippen molar-refractivity contribution in [1.82, 2.24) is 15.1 Å². The third-order valence-electron chi connectivity index (χ3n) is 5.08. The lowest BCUT2D eigenvalue weighted by Gasteiger charge is -2.34. The largest absolute Gasteiger partial charge is 0.465 e. The highest BCUT2D eigenvalue weighted by Crippen LogP contribution is 2.27. The Morgan fingerprint density at radius 1 is 1.27 bits per heavy atom. The number of carboxylic acid groups (broad SMARTS) is 1. The van der Waals surface area contributed by atoms with E-state index in [1.54, 1.807) is 32.9 Å². The molecular formula is C22H31N5O5S. The molecule has 1 heterocycles. The van der Waals surface area contributed by atoms with Gasteiger partial charge in [0.1, 0.15) is 12.1 Å². The molecule has 10 nitrogen and oxygen atoms in total. The summed E-state index contributed by atoms with van der Waals surface area (Å²) in [6.45, 7) is 6.98. The summed E-state index contributed by atoms with van der Waals surface area (Å²) in [6.07, 6.45) is -0.568. The Hall–Kier alpha value is -3.08. The minimum atomic E-state index is -1.06. The summed E-state index contributed by atoms with van der Waals surface area (Å²) < 4.78 is 0. The molecule has 0 aromatic heterocycles. The number of hydrogen-bond acceptors (Lipinski definition) is 6. The van der Waals surface area contributed by atoms with Crippen LogP contribution in [0, 0.1) is 0 Å². The topological polar surface area (TPSA) is 145 Å². The zero-order chi connectivity index (χ0) is 24.8. The highest BCUT2D eigenvalue weighted by Gasteiger charge is 2.39. The van der Waals surface area contributed by atoms with Gasteiger partial charge in [-0.05, 0) is 52.7 Å². The van der Waals surface area contributed by atoms with Crippen molar-refractivity contribution in [2.45, 2.75) is 58.2 Å². The van der Waals surface area contributed by atoms with Crippen molar-refractivity contribution in [2.75, 3.05) is 12.3 Å². The number of primary amides is 1. The number of rotatable bonds is 9. The van der Waals surface area contributed by atoms with Gasteiger partial charge in [-0.15, -0.1) is 0 Å². The third kappa shape index (κ3) is 7.21. The fourth-order valence-corrected chi connectivity index (χ4v) is 4.23. The lowest BCUT2D eigenvalue weighted by Crippen LogP contribution is -2.54. The van der Waals surface area contributed by atoms with Gasteiger partial charge in [-0.2, -0.15) is 0 Å². The molecule has 4 amide bonds. The van der Waals surface area contributed by atoms with Gasteiger partial charge in [0, 0.05) is 12.1 Å². The first-order chi connectivity index (χ1) is 15.4. The van der Waals surface area contributed by atoms with E-state index in [4.69, 9.17) is 5.73 Å². The molecule has 1 aromatic carbocycles. The molecule has 180 valence electrons. The van der Waals surface area contributed by atoms with Gasteiger partial charge < -0.3 is 21.1 Å². The summed E-state index contributed by atoms with van der Waals surface area (Å²) >= 11 is 1.22. The second-order valence-corrected chi connectivity index (χ2v) is 9.62. The zero-order valence-electron chi connectivity index (χ0n) is 19.3. The first kappa shape index (κ1) is 26.2. The standard InChI is InChI=1S/C22H31N5O5S/c1-14(18(23)29)24-19(30)16(11-8-12-26(21(31)32)22(2,3)4)27-17(28)13-33-20(27)25-15-9-6-5-7-10-15/h5-7,9-10,14,16H,8,11-13H2,1-4H3,(H2,23,29)(H,24,30)(H,31,32)/t14-,16-/m0/s1. The number of nitrogens with two attached hydrogens (primary N) is 1. The number of nitrogens with one attached hydrogen (secondary N) is 1. The molecule has 0 aliphatic carbocycles. The molecule has 11 heteroatoms. The number of amidine groups is 1. The lowest BCUT2D eigenvalue weighted by molar-refractivity contribution is -0.135. The van der Waals surface area contributed by atoms with E-state index in [2.05, 4.69) is 10.3 Å². The molecule has 33 heavy (non-hydrogen) atoms. The maximum Gasteiger partial charge on any atom is 0.407 e. The minimum Gasteiger partial charge on any atom is -0.465 e. The Morgan fingerprint density at radius 2 is 1.91 bits per heavy atom. The number of nitrogens with zero attached hydrogens (tertiary/aromatic N) is 3. The van der Waals surface area contributed by atoms with Crippen LogP contribution in [0.3, 0.4) is 0 Å². The third-order valence-corrected chi connectivity index (χ3v) is 6.02. The fourth-order valence-electron chi connectivity index (χ4n) is 3.30. The monoisotopic (exact) mass is 477 g/mol. The Balaban J connectivity index is 2.30. The SMILES string of the molecule is C[C@H](NC(=O)[C@H](CCCN(C(=O)O)C(C)(C)C)N1C(=O)CSC1=Nc1ccccc1)C(N)=O. The van der Waals surface area contributed by atoms with E-state index in [1.807, 2.05) is 18.2 Å². The van der Waals surface area contributed by atoms with Crippen LogP contribution in [-0.2, 0) is 14.4 Å². The number of hydrogen-bond donors (Lipinski definition) is 3. The van der Waals surface area contributed by atoms with E-state index in [-0.39, 0.29) is 24.6 Å². The first-order valence-electron chi connectivity index (χ1n) is 10.6. The van der Waals surface area contributed by atoms with Crippen molar-refractivity contribution in [1.29, 1.82) is 0 Å². The van der Waals surface area contributed by atoms with E-state index in [0.717, 1.165) is 0 Å². The molecule has 1 aliphatic rings. The quantitative estimate of drug-likeness (QED) is 0.497. The van der Waals surface area contributed by atoms with Crippen molar-refractivity contribution < 1.29 is 24.3 Å². The van der Waals surface area contributed by atoms with Gasteiger partial charge in [-0.1, -0.05) is 30.0 Å². The van der Waals surface area contributed by atoms with Crippen molar-refractivity contribution in [2.24, 2.45) is 10.7 Å². The summed E-state index contributed by atoms with van der Waals surface area (Å²) in [4.78, 5) is 56.1. The highest BCUT2D eigenvalue weighted by atomic mass is 32.2. The molecule has 2 atom stereocenters. The second kappa shape index (κ2) is 11.2. The van der Waals surface area contributed by atoms with Crippen molar-refractivity contribution >= 4 is 46.4 Å².